The Morgan fingerprint density at radius 2 is 0.621 bits per heavy atom. The number of carbonyl (C=O) groups is 3. The summed E-state index contributed by atoms with van der Waals surface area (Å²) in [6, 6.07) is 0. The lowest BCUT2D eigenvalue weighted by atomic mass is 10.0. The minimum absolute atomic E-state index is 0.0878. The Hall–Kier alpha value is -2.89. The smallest absolute Gasteiger partial charge is 0.306 e. The zero-order chi connectivity index (χ0) is 47.9. The van der Waals surface area contributed by atoms with Crippen LogP contribution in [0.4, 0.5) is 0 Å². The number of carbonyl (C=O) groups excluding carboxylic acids is 3. The standard InChI is InChI=1S/C60H106O6/c1-4-7-10-13-16-19-22-24-25-26-27-28-29-30-31-32-33-34-35-37-38-41-44-47-50-53-59(62)65-56-57(55-64-58(61)52-49-46-43-40-21-18-15-12-9-6-3)66-60(63)54-51-48-45-42-39-36-23-20-17-14-11-8-5-2/h8,11-12,15,17,20,26-27,36,39,57H,4-7,9-10,13-14,16,18-19,21-25,28-35,37-38,40-56H2,1-3H3/b11-8-,15-12-,20-17-,27-26-,39-36-. The predicted molar refractivity (Wildman–Crippen MR) is 284 cm³/mol. The molecule has 0 bridgehead atoms. The van der Waals surface area contributed by atoms with Crippen LogP contribution in [0.5, 0.6) is 0 Å². The Morgan fingerprint density at radius 1 is 0.318 bits per heavy atom. The Labute approximate surface area is 409 Å². The minimum atomic E-state index is -0.791. The average Bonchev–Trinajstić information content (AvgIpc) is 3.31. The van der Waals surface area contributed by atoms with Crippen LogP contribution in [0.2, 0.25) is 0 Å². The van der Waals surface area contributed by atoms with Crippen molar-refractivity contribution in [2.24, 2.45) is 0 Å². The topological polar surface area (TPSA) is 78.9 Å². The van der Waals surface area contributed by atoms with E-state index in [1.54, 1.807) is 0 Å². The van der Waals surface area contributed by atoms with Crippen LogP contribution in [0.15, 0.2) is 60.8 Å². The van der Waals surface area contributed by atoms with Crippen LogP contribution in [0, 0.1) is 0 Å². The van der Waals surface area contributed by atoms with Gasteiger partial charge in [0.25, 0.3) is 0 Å². The number of esters is 3. The van der Waals surface area contributed by atoms with Crippen LogP contribution in [0.1, 0.15) is 284 Å². The number of hydrogen-bond donors (Lipinski definition) is 0. The van der Waals surface area contributed by atoms with Crippen LogP contribution >= 0.6 is 0 Å². The third-order valence-electron chi connectivity index (χ3n) is 12.2. The lowest BCUT2D eigenvalue weighted by molar-refractivity contribution is -0.167. The molecule has 382 valence electrons. The Morgan fingerprint density at radius 3 is 1.02 bits per heavy atom. The maximum absolute atomic E-state index is 12.8. The zero-order valence-corrected chi connectivity index (χ0v) is 43.7. The molecule has 0 fully saturated rings. The molecule has 0 spiro atoms. The summed E-state index contributed by atoms with van der Waals surface area (Å²) in [5.41, 5.74) is 0. The monoisotopic (exact) mass is 923 g/mol. The molecule has 0 aliphatic heterocycles. The third kappa shape index (κ3) is 52.1. The highest BCUT2D eigenvalue weighted by Gasteiger charge is 2.19. The number of unbranched alkanes of at least 4 members (excludes halogenated alkanes) is 30. The second-order valence-electron chi connectivity index (χ2n) is 18.8. The van der Waals surface area contributed by atoms with E-state index in [0.29, 0.717) is 19.3 Å². The van der Waals surface area contributed by atoms with Gasteiger partial charge in [0.2, 0.25) is 0 Å². The van der Waals surface area contributed by atoms with Crippen molar-refractivity contribution in [2.75, 3.05) is 13.2 Å². The second kappa shape index (κ2) is 54.7. The molecular weight excluding hydrogens is 817 g/mol. The minimum Gasteiger partial charge on any atom is -0.462 e. The lowest BCUT2D eigenvalue weighted by Crippen LogP contribution is -2.30. The summed E-state index contributed by atoms with van der Waals surface area (Å²) in [6.07, 6.45) is 68.1. The first kappa shape index (κ1) is 63.1. The molecule has 0 heterocycles. The molecule has 0 aliphatic rings. The molecule has 0 rings (SSSR count). The van der Waals surface area contributed by atoms with Gasteiger partial charge in [-0.3, -0.25) is 14.4 Å². The number of rotatable bonds is 51. The van der Waals surface area contributed by atoms with Crippen LogP contribution in [0.3, 0.4) is 0 Å². The summed E-state index contributed by atoms with van der Waals surface area (Å²) >= 11 is 0. The SMILES string of the molecule is CC/C=C\C/C=C\C/C=C\CCCCCC(=O)OC(COC(=O)CCCCCCC/C=C\CCC)COC(=O)CCCCCCCCCCCCCCC/C=C\CCCCCCCCCC. The highest BCUT2D eigenvalue weighted by atomic mass is 16.6. The summed E-state index contributed by atoms with van der Waals surface area (Å²) in [6.45, 7) is 6.45. The van der Waals surface area contributed by atoms with Crippen molar-refractivity contribution < 1.29 is 28.6 Å². The molecule has 0 aromatic rings. The molecule has 1 unspecified atom stereocenters. The maximum Gasteiger partial charge on any atom is 0.306 e. The van der Waals surface area contributed by atoms with E-state index in [0.717, 1.165) is 96.3 Å². The average molecular weight is 924 g/mol. The van der Waals surface area contributed by atoms with Gasteiger partial charge in [0.15, 0.2) is 6.10 Å². The molecule has 0 saturated heterocycles. The summed E-state index contributed by atoms with van der Waals surface area (Å²) in [4.78, 5) is 38.0. The van der Waals surface area contributed by atoms with E-state index >= 15 is 0 Å². The van der Waals surface area contributed by atoms with Gasteiger partial charge in [-0.2, -0.15) is 0 Å². The van der Waals surface area contributed by atoms with E-state index < -0.39 is 6.10 Å². The van der Waals surface area contributed by atoms with Gasteiger partial charge in [0.05, 0.1) is 0 Å². The van der Waals surface area contributed by atoms with Crippen molar-refractivity contribution >= 4 is 17.9 Å². The first-order valence-electron chi connectivity index (χ1n) is 28.3. The second-order valence-corrected chi connectivity index (χ2v) is 18.8. The summed E-state index contributed by atoms with van der Waals surface area (Å²) in [5, 5.41) is 0. The fraction of sp³-hybridized carbons (Fsp3) is 0.783. The molecule has 0 saturated carbocycles. The van der Waals surface area contributed by atoms with Crippen molar-refractivity contribution in [3.63, 3.8) is 0 Å². The van der Waals surface area contributed by atoms with E-state index in [1.165, 1.54) is 148 Å². The summed E-state index contributed by atoms with van der Waals surface area (Å²) < 4.78 is 16.8. The number of ether oxygens (including phenoxy) is 3. The van der Waals surface area contributed by atoms with Crippen molar-refractivity contribution in [3.8, 4) is 0 Å². The highest BCUT2D eigenvalue weighted by molar-refractivity contribution is 5.71. The van der Waals surface area contributed by atoms with Crippen LogP contribution in [-0.2, 0) is 28.6 Å². The lowest BCUT2D eigenvalue weighted by Gasteiger charge is -2.18. The first-order chi connectivity index (χ1) is 32.5. The van der Waals surface area contributed by atoms with Gasteiger partial charge in [0.1, 0.15) is 13.2 Å². The fourth-order valence-corrected chi connectivity index (χ4v) is 7.98. The molecule has 0 N–H and O–H groups in total. The normalized spacial score (nSPS) is 12.5. The third-order valence-corrected chi connectivity index (χ3v) is 12.2. The van der Waals surface area contributed by atoms with Crippen LogP contribution in [0.25, 0.3) is 0 Å². The van der Waals surface area contributed by atoms with E-state index in [-0.39, 0.29) is 31.1 Å². The largest absolute Gasteiger partial charge is 0.462 e. The summed E-state index contributed by atoms with van der Waals surface area (Å²) in [7, 11) is 0. The Balaban J connectivity index is 4.20. The van der Waals surface area contributed by atoms with Gasteiger partial charge in [-0.1, -0.05) is 229 Å². The molecule has 0 aromatic carbocycles. The van der Waals surface area contributed by atoms with E-state index in [4.69, 9.17) is 14.2 Å². The molecule has 0 aliphatic carbocycles. The zero-order valence-electron chi connectivity index (χ0n) is 43.7. The van der Waals surface area contributed by atoms with E-state index in [9.17, 15) is 14.4 Å². The van der Waals surface area contributed by atoms with Gasteiger partial charge in [-0.05, 0) is 96.3 Å². The molecule has 0 radical (unpaired) electrons. The van der Waals surface area contributed by atoms with Gasteiger partial charge in [0, 0.05) is 19.3 Å². The molecule has 6 nitrogen and oxygen atoms in total. The van der Waals surface area contributed by atoms with Gasteiger partial charge < -0.3 is 14.2 Å². The maximum atomic E-state index is 12.8. The van der Waals surface area contributed by atoms with Crippen molar-refractivity contribution in [1.29, 1.82) is 0 Å². The molecular formula is C60H106O6. The van der Waals surface area contributed by atoms with Gasteiger partial charge in [-0.15, -0.1) is 0 Å². The Bertz CT molecular complexity index is 1200. The highest BCUT2D eigenvalue weighted by Crippen LogP contribution is 2.16. The molecule has 0 amide bonds. The fourth-order valence-electron chi connectivity index (χ4n) is 7.98. The molecule has 6 heteroatoms. The van der Waals surface area contributed by atoms with Crippen LogP contribution in [-0.4, -0.2) is 37.2 Å². The quantitative estimate of drug-likeness (QED) is 0.0262. The van der Waals surface area contributed by atoms with Crippen molar-refractivity contribution in [3.05, 3.63) is 60.8 Å². The molecule has 1 atom stereocenters. The van der Waals surface area contributed by atoms with Gasteiger partial charge in [-0.25, -0.2) is 0 Å². The van der Waals surface area contributed by atoms with Gasteiger partial charge >= 0.3 is 17.9 Å². The first-order valence-corrected chi connectivity index (χ1v) is 28.3. The predicted octanol–water partition coefficient (Wildman–Crippen LogP) is 18.8. The van der Waals surface area contributed by atoms with E-state index in [2.05, 4.69) is 81.5 Å². The molecule has 66 heavy (non-hydrogen) atoms. The van der Waals surface area contributed by atoms with E-state index in [1.807, 2.05) is 0 Å². The number of hydrogen-bond acceptors (Lipinski definition) is 6. The Kier molecular flexibility index (Phi) is 52.3. The summed E-state index contributed by atoms with van der Waals surface area (Å²) in [5.74, 6) is -0.923. The molecule has 0 aromatic heterocycles. The van der Waals surface area contributed by atoms with Crippen molar-refractivity contribution in [1.82, 2.24) is 0 Å². The van der Waals surface area contributed by atoms with Crippen molar-refractivity contribution in [2.45, 2.75) is 290 Å². The number of allylic oxidation sites excluding steroid dienone is 10. The van der Waals surface area contributed by atoms with Crippen LogP contribution < -0.4 is 0 Å².